The first kappa shape index (κ1) is 19.6. The van der Waals surface area contributed by atoms with Crippen LogP contribution < -0.4 is 4.90 Å². The van der Waals surface area contributed by atoms with Gasteiger partial charge in [0, 0.05) is 22.6 Å². The van der Waals surface area contributed by atoms with Crippen molar-refractivity contribution >= 4 is 17.1 Å². The molecule has 0 atom stereocenters. The van der Waals surface area contributed by atoms with Crippen molar-refractivity contribution in [3.63, 3.8) is 0 Å². The van der Waals surface area contributed by atoms with E-state index in [0.29, 0.717) is 5.82 Å². The molecule has 0 saturated heterocycles. The molecule has 0 amide bonds. The van der Waals surface area contributed by atoms with E-state index in [-0.39, 0.29) is 0 Å². The standard InChI is InChI=1S/C28H22N4/c1-21-7-13-25(14-8-21)32(26-15-9-23(10-16-26)22-5-3-2-4-6-22)27-17-11-24(12-18-27)28-30-19-29-20-31-28/h2-20H,1H3. The van der Waals surface area contributed by atoms with Gasteiger partial charge in [-0.2, -0.15) is 0 Å². The number of aromatic nitrogens is 3. The molecule has 1 aromatic heterocycles. The lowest BCUT2D eigenvalue weighted by Crippen LogP contribution is -2.09. The average Bonchev–Trinajstić information content (AvgIpc) is 2.87. The summed E-state index contributed by atoms with van der Waals surface area (Å²) in [5, 5.41) is 0. The van der Waals surface area contributed by atoms with Gasteiger partial charge in [-0.15, -0.1) is 0 Å². The van der Waals surface area contributed by atoms with Gasteiger partial charge in [-0.1, -0.05) is 60.2 Å². The predicted molar refractivity (Wildman–Crippen MR) is 130 cm³/mol. The van der Waals surface area contributed by atoms with E-state index in [1.54, 1.807) is 0 Å². The molecule has 0 radical (unpaired) electrons. The van der Waals surface area contributed by atoms with Crippen molar-refractivity contribution in [1.82, 2.24) is 15.0 Å². The maximum atomic E-state index is 4.25. The van der Waals surface area contributed by atoms with Crippen LogP contribution in [-0.2, 0) is 0 Å². The van der Waals surface area contributed by atoms with Crippen molar-refractivity contribution in [2.24, 2.45) is 0 Å². The molecule has 4 heteroatoms. The lowest BCUT2D eigenvalue weighted by molar-refractivity contribution is 1.06. The summed E-state index contributed by atoms with van der Waals surface area (Å²) in [6.07, 6.45) is 3.03. The van der Waals surface area contributed by atoms with Gasteiger partial charge in [0.15, 0.2) is 5.82 Å². The molecule has 0 bridgehead atoms. The highest BCUT2D eigenvalue weighted by Crippen LogP contribution is 2.36. The molecule has 0 unspecified atom stereocenters. The Bertz CT molecular complexity index is 1200. The summed E-state index contributed by atoms with van der Waals surface area (Å²) in [5.41, 5.74) is 7.88. The van der Waals surface area contributed by atoms with E-state index in [1.807, 2.05) is 18.2 Å². The van der Waals surface area contributed by atoms with Gasteiger partial charge in [-0.3, -0.25) is 0 Å². The average molecular weight is 415 g/mol. The number of benzene rings is 4. The van der Waals surface area contributed by atoms with Gasteiger partial charge < -0.3 is 4.90 Å². The Hall–Kier alpha value is -4.31. The molecule has 0 fully saturated rings. The van der Waals surface area contributed by atoms with Crippen molar-refractivity contribution < 1.29 is 0 Å². The lowest BCUT2D eigenvalue weighted by atomic mass is 10.0. The third-order valence-corrected chi connectivity index (χ3v) is 5.40. The number of nitrogens with zero attached hydrogens (tertiary/aromatic N) is 4. The monoisotopic (exact) mass is 414 g/mol. The molecular weight excluding hydrogens is 392 g/mol. The molecule has 0 spiro atoms. The van der Waals surface area contributed by atoms with Crippen molar-refractivity contribution in [2.45, 2.75) is 6.92 Å². The van der Waals surface area contributed by atoms with Gasteiger partial charge in [0.1, 0.15) is 12.7 Å². The molecule has 32 heavy (non-hydrogen) atoms. The SMILES string of the molecule is Cc1ccc(N(c2ccc(-c3ccccc3)cc2)c2ccc(-c3ncncn3)cc2)cc1. The molecule has 5 aromatic rings. The van der Waals surface area contributed by atoms with Crippen LogP contribution in [0.15, 0.2) is 116 Å². The summed E-state index contributed by atoms with van der Waals surface area (Å²) in [5.74, 6) is 0.667. The molecule has 5 rings (SSSR count). The van der Waals surface area contributed by atoms with Gasteiger partial charge in [0.25, 0.3) is 0 Å². The maximum absolute atomic E-state index is 4.25. The van der Waals surface area contributed by atoms with Crippen LogP contribution in [0, 0.1) is 6.92 Å². The zero-order valence-electron chi connectivity index (χ0n) is 17.8. The smallest absolute Gasteiger partial charge is 0.162 e. The van der Waals surface area contributed by atoms with Crippen LogP contribution in [0.4, 0.5) is 17.1 Å². The number of anilines is 3. The lowest BCUT2D eigenvalue weighted by Gasteiger charge is -2.26. The Kier molecular flexibility index (Phi) is 5.41. The van der Waals surface area contributed by atoms with Crippen LogP contribution in [0.2, 0.25) is 0 Å². The van der Waals surface area contributed by atoms with Crippen molar-refractivity contribution in [2.75, 3.05) is 4.90 Å². The second kappa shape index (κ2) is 8.82. The van der Waals surface area contributed by atoms with E-state index in [1.165, 1.54) is 29.3 Å². The number of hydrogen-bond acceptors (Lipinski definition) is 4. The van der Waals surface area contributed by atoms with Gasteiger partial charge in [-0.05, 0) is 66.6 Å². The zero-order valence-corrected chi connectivity index (χ0v) is 17.8. The fourth-order valence-corrected chi connectivity index (χ4v) is 3.72. The maximum Gasteiger partial charge on any atom is 0.162 e. The van der Waals surface area contributed by atoms with Gasteiger partial charge in [0.05, 0.1) is 0 Å². The van der Waals surface area contributed by atoms with Crippen LogP contribution in [-0.4, -0.2) is 15.0 Å². The fraction of sp³-hybridized carbons (Fsp3) is 0.0357. The van der Waals surface area contributed by atoms with Gasteiger partial charge in [-0.25, -0.2) is 15.0 Å². The Morgan fingerprint density at radius 2 is 0.969 bits per heavy atom. The molecule has 0 saturated carbocycles. The summed E-state index contributed by atoms with van der Waals surface area (Å²) in [4.78, 5) is 14.7. The van der Waals surface area contributed by atoms with Crippen molar-refractivity contribution in [3.05, 3.63) is 121 Å². The van der Waals surface area contributed by atoms with Crippen LogP contribution in [0.3, 0.4) is 0 Å². The first-order valence-electron chi connectivity index (χ1n) is 10.5. The van der Waals surface area contributed by atoms with Crippen molar-refractivity contribution in [3.8, 4) is 22.5 Å². The van der Waals surface area contributed by atoms with Crippen LogP contribution in [0.5, 0.6) is 0 Å². The quantitative estimate of drug-likeness (QED) is 0.311. The molecule has 4 aromatic carbocycles. The third-order valence-electron chi connectivity index (χ3n) is 5.40. The first-order valence-corrected chi connectivity index (χ1v) is 10.5. The Morgan fingerprint density at radius 3 is 1.53 bits per heavy atom. The highest BCUT2D eigenvalue weighted by molar-refractivity contribution is 5.79. The normalized spacial score (nSPS) is 10.7. The topological polar surface area (TPSA) is 41.9 Å². The number of hydrogen-bond donors (Lipinski definition) is 0. The summed E-state index contributed by atoms with van der Waals surface area (Å²) in [7, 11) is 0. The van der Waals surface area contributed by atoms with Crippen LogP contribution >= 0.6 is 0 Å². The highest BCUT2D eigenvalue weighted by atomic mass is 15.1. The van der Waals surface area contributed by atoms with E-state index < -0.39 is 0 Å². The van der Waals surface area contributed by atoms with Crippen LogP contribution in [0.25, 0.3) is 22.5 Å². The molecule has 0 aliphatic carbocycles. The van der Waals surface area contributed by atoms with E-state index in [0.717, 1.165) is 22.6 Å². The van der Waals surface area contributed by atoms with E-state index in [2.05, 4.69) is 112 Å². The molecule has 0 N–H and O–H groups in total. The first-order chi connectivity index (χ1) is 15.8. The zero-order chi connectivity index (χ0) is 21.8. The third kappa shape index (κ3) is 4.12. The summed E-state index contributed by atoms with van der Waals surface area (Å²) in [6.45, 7) is 2.10. The van der Waals surface area contributed by atoms with E-state index in [4.69, 9.17) is 0 Å². The molecule has 4 nitrogen and oxygen atoms in total. The van der Waals surface area contributed by atoms with E-state index >= 15 is 0 Å². The second-order valence-electron chi connectivity index (χ2n) is 7.59. The number of aryl methyl sites for hydroxylation is 1. The Labute approximate surface area is 187 Å². The predicted octanol–water partition coefficient (Wildman–Crippen LogP) is 6.98. The highest BCUT2D eigenvalue weighted by Gasteiger charge is 2.13. The summed E-state index contributed by atoms with van der Waals surface area (Å²) in [6, 6.07) is 36.0. The van der Waals surface area contributed by atoms with Gasteiger partial charge >= 0.3 is 0 Å². The summed E-state index contributed by atoms with van der Waals surface area (Å²) >= 11 is 0. The Morgan fingerprint density at radius 1 is 0.500 bits per heavy atom. The van der Waals surface area contributed by atoms with E-state index in [9.17, 15) is 0 Å². The second-order valence-corrected chi connectivity index (χ2v) is 7.59. The molecule has 0 aliphatic rings. The molecule has 0 aliphatic heterocycles. The fourth-order valence-electron chi connectivity index (χ4n) is 3.72. The minimum Gasteiger partial charge on any atom is -0.311 e. The minimum atomic E-state index is 0.667. The Balaban J connectivity index is 1.53. The summed E-state index contributed by atoms with van der Waals surface area (Å²) < 4.78 is 0. The molecule has 154 valence electrons. The molecule has 1 heterocycles. The largest absolute Gasteiger partial charge is 0.311 e. The molecular formula is C28H22N4. The number of rotatable bonds is 5. The van der Waals surface area contributed by atoms with Crippen molar-refractivity contribution in [1.29, 1.82) is 0 Å². The minimum absolute atomic E-state index is 0.667. The van der Waals surface area contributed by atoms with Gasteiger partial charge in [0.2, 0.25) is 0 Å². The van der Waals surface area contributed by atoms with Crippen LogP contribution in [0.1, 0.15) is 5.56 Å².